The molecule has 1 aromatic carbocycles. The van der Waals surface area contributed by atoms with Gasteiger partial charge in [-0.1, -0.05) is 19.9 Å². The molecule has 1 N–H and O–H groups in total. The second-order valence-electron chi connectivity index (χ2n) is 6.07. The van der Waals surface area contributed by atoms with Crippen LogP contribution in [0.5, 0.6) is 5.88 Å². The number of rotatable bonds is 8. The van der Waals surface area contributed by atoms with E-state index in [9.17, 15) is 8.42 Å². The number of benzene rings is 1. The summed E-state index contributed by atoms with van der Waals surface area (Å²) in [5, 5.41) is 3.07. The summed E-state index contributed by atoms with van der Waals surface area (Å²) in [4.78, 5) is 13.1. The number of nitrogens with zero attached hydrogens (tertiary/aromatic N) is 4. The van der Waals surface area contributed by atoms with Gasteiger partial charge in [-0.3, -0.25) is 0 Å². The fourth-order valence-corrected chi connectivity index (χ4v) is 4.40. The summed E-state index contributed by atoms with van der Waals surface area (Å²) in [5.41, 5.74) is 1.95. The lowest BCUT2D eigenvalue weighted by Crippen LogP contribution is -2.30. The number of hydrogen-bond acceptors (Lipinski definition) is 7. The van der Waals surface area contributed by atoms with E-state index in [1.807, 2.05) is 19.9 Å². The first-order valence-electron chi connectivity index (χ1n) is 9.19. The first-order chi connectivity index (χ1) is 14.0. The van der Waals surface area contributed by atoms with Crippen LogP contribution in [-0.4, -0.2) is 47.9 Å². The van der Waals surface area contributed by atoms with Crippen molar-refractivity contribution in [2.24, 2.45) is 0 Å². The van der Waals surface area contributed by atoms with Gasteiger partial charge in [0.15, 0.2) is 0 Å². The second kappa shape index (κ2) is 8.97. The Labute approximate surface area is 170 Å². The maximum absolute atomic E-state index is 12.8. The van der Waals surface area contributed by atoms with Crippen molar-refractivity contribution >= 4 is 21.7 Å². The predicted octanol–water partition coefficient (Wildman–Crippen LogP) is 3.32. The number of nitrogens with one attached hydrogen (secondary N) is 1. The second-order valence-corrected chi connectivity index (χ2v) is 8.01. The van der Waals surface area contributed by atoms with Gasteiger partial charge in [-0.25, -0.2) is 23.4 Å². The minimum atomic E-state index is -3.55. The van der Waals surface area contributed by atoms with Gasteiger partial charge in [0.05, 0.1) is 23.3 Å². The molecule has 152 valence electrons. The van der Waals surface area contributed by atoms with Crippen molar-refractivity contribution in [1.29, 1.82) is 0 Å². The van der Waals surface area contributed by atoms with E-state index in [1.165, 1.54) is 4.31 Å². The zero-order valence-electron chi connectivity index (χ0n) is 16.5. The molecular formula is C20H23N5O3S. The summed E-state index contributed by atoms with van der Waals surface area (Å²) in [5.74, 6) is 0.801. The van der Waals surface area contributed by atoms with Crippen molar-refractivity contribution in [3.63, 3.8) is 0 Å². The molecular weight excluding hydrogens is 390 g/mol. The average molecular weight is 414 g/mol. The third kappa shape index (κ3) is 4.52. The number of aromatic nitrogens is 3. The van der Waals surface area contributed by atoms with Crippen LogP contribution in [0.4, 0.5) is 11.6 Å². The lowest BCUT2D eigenvalue weighted by atomic mass is 10.2. The molecule has 0 spiro atoms. The molecule has 0 aliphatic heterocycles. The van der Waals surface area contributed by atoms with E-state index in [1.54, 1.807) is 55.9 Å². The van der Waals surface area contributed by atoms with Gasteiger partial charge in [0.1, 0.15) is 0 Å². The summed E-state index contributed by atoms with van der Waals surface area (Å²) >= 11 is 0. The summed E-state index contributed by atoms with van der Waals surface area (Å²) in [6.45, 7) is 4.45. The summed E-state index contributed by atoms with van der Waals surface area (Å²) in [6, 6.07) is 12.0. The van der Waals surface area contributed by atoms with E-state index in [2.05, 4.69) is 20.3 Å². The molecule has 29 heavy (non-hydrogen) atoms. The van der Waals surface area contributed by atoms with Crippen LogP contribution in [0.1, 0.15) is 13.8 Å². The number of anilines is 2. The van der Waals surface area contributed by atoms with Crippen LogP contribution in [0.25, 0.3) is 11.3 Å². The van der Waals surface area contributed by atoms with Gasteiger partial charge in [0.2, 0.25) is 21.9 Å². The van der Waals surface area contributed by atoms with E-state index < -0.39 is 10.0 Å². The SMILES string of the molecule is CCN(CC)S(=O)(=O)c1cccc(Nc2nccc(-c3cccnc3OC)n2)c1. The van der Waals surface area contributed by atoms with Gasteiger partial charge in [-0.2, -0.15) is 4.31 Å². The first-order valence-corrected chi connectivity index (χ1v) is 10.6. The van der Waals surface area contributed by atoms with Gasteiger partial charge < -0.3 is 10.1 Å². The van der Waals surface area contributed by atoms with Gasteiger partial charge in [0.25, 0.3) is 0 Å². The number of hydrogen-bond donors (Lipinski definition) is 1. The van der Waals surface area contributed by atoms with Crippen molar-refractivity contribution in [3.05, 3.63) is 54.9 Å². The zero-order valence-corrected chi connectivity index (χ0v) is 17.3. The van der Waals surface area contributed by atoms with E-state index in [4.69, 9.17) is 4.74 Å². The highest BCUT2D eigenvalue weighted by Gasteiger charge is 2.21. The number of pyridine rings is 1. The molecule has 8 nitrogen and oxygen atoms in total. The van der Waals surface area contributed by atoms with E-state index in [-0.39, 0.29) is 4.90 Å². The van der Waals surface area contributed by atoms with E-state index in [0.717, 1.165) is 5.56 Å². The lowest BCUT2D eigenvalue weighted by Gasteiger charge is -2.18. The average Bonchev–Trinajstić information content (AvgIpc) is 2.75. The van der Waals surface area contributed by atoms with Crippen LogP contribution in [0.15, 0.2) is 59.8 Å². The summed E-state index contributed by atoms with van der Waals surface area (Å²) < 4.78 is 32.2. The normalized spacial score (nSPS) is 11.4. The Morgan fingerprint density at radius 3 is 2.55 bits per heavy atom. The van der Waals surface area contributed by atoms with Crippen molar-refractivity contribution in [2.45, 2.75) is 18.7 Å². The highest BCUT2D eigenvalue weighted by Crippen LogP contribution is 2.27. The van der Waals surface area contributed by atoms with Crippen LogP contribution in [0.2, 0.25) is 0 Å². The van der Waals surface area contributed by atoms with Crippen molar-refractivity contribution in [3.8, 4) is 17.1 Å². The van der Waals surface area contributed by atoms with Crippen molar-refractivity contribution in [2.75, 3.05) is 25.5 Å². The monoisotopic (exact) mass is 413 g/mol. The molecule has 2 aromatic heterocycles. The Morgan fingerprint density at radius 2 is 1.83 bits per heavy atom. The summed E-state index contributed by atoms with van der Waals surface area (Å²) in [6.07, 6.45) is 3.26. The molecule has 0 radical (unpaired) electrons. The maximum atomic E-state index is 12.8. The minimum Gasteiger partial charge on any atom is -0.481 e. The van der Waals surface area contributed by atoms with E-state index in [0.29, 0.717) is 36.3 Å². The summed E-state index contributed by atoms with van der Waals surface area (Å²) in [7, 11) is -2.00. The molecule has 0 saturated heterocycles. The van der Waals surface area contributed by atoms with Crippen LogP contribution >= 0.6 is 0 Å². The topological polar surface area (TPSA) is 97.3 Å². The standard InChI is InChI=1S/C20H23N5O3S/c1-4-25(5-2)29(26,27)16-9-6-8-15(14-16)23-20-22-13-11-18(24-20)17-10-7-12-21-19(17)28-3/h6-14H,4-5H2,1-3H3,(H,22,23,24). The maximum Gasteiger partial charge on any atom is 0.243 e. The van der Waals surface area contributed by atoms with Gasteiger partial charge >= 0.3 is 0 Å². The molecule has 0 amide bonds. The van der Waals surface area contributed by atoms with Crippen LogP contribution in [-0.2, 0) is 10.0 Å². The lowest BCUT2D eigenvalue weighted by molar-refractivity contribution is 0.399. The quantitative estimate of drug-likeness (QED) is 0.605. The smallest absolute Gasteiger partial charge is 0.243 e. The Balaban J connectivity index is 1.90. The number of ether oxygens (including phenoxy) is 1. The Morgan fingerprint density at radius 1 is 1.03 bits per heavy atom. The fraction of sp³-hybridized carbons (Fsp3) is 0.250. The van der Waals surface area contributed by atoms with Crippen LogP contribution < -0.4 is 10.1 Å². The van der Waals surface area contributed by atoms with Gasteiger partial charge in [-0.15, -0.1) is 0 Å². The van der Waals surface area contributed by atoms with Crippen molar-refractivity contribution < 1.29 is 13.2 Å². The molecule has 0 aliphatic carbocycles. The molecule has 0 bridgehead atoms. The molecule has 0 aliphatic rings. The number of sulfonamides is 1. The van der Waals surface area contributed by atoms with Gasteiger partial charge in [-0.05, 0) is 36.4 Å². The Hall–Kier alpha value is -3.04. The van der Waals surface area contributed by atoms with Gasteiger partial charge in [0, 0.05) is 31.2 Å². The highest BCUT2D eigenvalue weighted by atomic mass is 32.2. The number of methoxy groups -OCH3 is 1. The molecule has 0 unspecified atom stereocenters. The minimum absolute atomic E-state index is 0.219. The third-order valence-electron chi connectivity index (χ3n) is 4.33. The first kappa shape index (κ1) is 20.7. The van der Waals surface area contributed by atoms with Crippen molar-refractivity contribution in [1.82, 2.24) is 19.3 Å². The molecule has 0 fully saturated rings. The Kier molecular flexibility index (Phi) is 6.40. The zero-order chi connectivity index (χ0) is 20.9. The molecule has 2 heterocycles. The molecule has 3 aromatic rings. The van der Waals surface area contributed by atoms with Crippen LogP contribution in [0.3, 0.4) is 0 Å². The molecule has 3 rings (SSSR count). The Bertz CT molecular complexity index is 1080. The fourth-order valence-electron chi connectivity index (χ4n) is 2.89. The highest BCUT2D eigenvalue weighted by molar-refractivity contribution is 7.89. The molecule has 9 heteroatoms. The predicted molar refractivity (Wildman–Crippen MR) is 112 cm³/mol. The largest absolute Gasteiger partial charge is 0.481 e. The molecule has 0 saturated carbocycles. The van der Waals surface area contributed by atoms with E-state index >= 15 is 0 Å². The van der Waals surface area contributed by atoms with Crippen LogP contribution in [0, 0.1) is 0 Å². The third-order valence-corrected chi connectivity index (χ3v) is 6.38. The molecule has 0 atom stereocenters.